The SMILES string of the molecule is O=C(O)CCC/C=C\C[C@H]1CC[C@@H](O)C1/C=C/Cc1cc2ccccc2s1. The van der Waals surface area contributed by atoms with Gasteiger partial charge in [0.15, 0.2) is 0 Å². The second-order valence-corrected chi connectivity index (χ2v) is 8.53. The summed E-state index contributed by atoms with van der Waals surface area (Å²) in [6.45, 7) is 0. The number of aliphatic hydroxyl groups is 1. The van der Waals surface area contributed by atoms with E-state index in [1.165, 1.54) is 15.0 Å². The van der Waals surface area contributed by atoms with Crippen LogP contribution in [0.2, 0.25) is 0 Å². The molecule has 3 nitrogen and oxygen atoms in total. The molecule has 3 rings (SSSR count). The van der Waals surface area contributed by atoms with Gasteiger partial charge in [-0.05, 0) is 62.0 Å². The molecule has 0 saturated heterocycles. The molecule has 1 aliphatic rings. The number of hydrogen-bond acceptors (Lipinski definition) is 3. The Bertz CT molecular complexity index is 772. The zero-order chi connectivity index (χ0) is 19.1. The molecular formula is C23H28O3S. The number of benzene rings is 1. The van der Waals surface area contributed by atoms with Crippen LogP contribution in [0.15, 0.2) is 54.6 Å². The summed E-state index contributed by atoms with van der Waals surface area (Å²) in [6.07, 6.45) is 14.0. The summed E-state index contributed by atoms with van der Waals surface area (Å²) in [5, 5.41) is 20.3. The van der Waals surface area contributed by atoms with E-state index in [1.807, 2.05) is 11.3 Å². The van der Waals surface area contributed by atoms with Crippen LogP contribution >= 0.6 is 11.3 Å². The van der Waals surface area contributed by atoms with E-state index in [0.717, 1.165) is 32.1 Å². The molecular weight excluding hydrogens is 356 g/mol. The Morgan fingerprint density at radius 3 is 2.85 bits per heavy atom. The first-order valence-electron chi connectivity index (χ1n) is 9.82. The van der Waals surface area contributed by atoms with Crippen LogP contribution in [0.25, 0.3) is 10.1 Å². The van der Waals surface area contributed by atoms with E-state index in [-0.39, 0.29) is 18.4 Å². The molecule has 144 valence electrons. The third kappa shape index (κ3) is 5.78. The van der Waals surface area contributed by atoms with Crippen molar-refractivity contribution in [1.82, 2.24) is 0 Å². The van der Waals surface area contributed by atoms with Crippen LogP contribution in [0.5, 0.6) is 0 Å². The molecule has 0 aliphatic heterocycles. The number of rotatable bonds is 9. The van der Waals surface area contributed by atoms with Crippen LogP contribution in [0, 0.1) is 11.8 Å². The van der Waals surface area contributed by atoms with E-state index < -0.39 is 5.97 Å². The van der Waals surface area contributed by atoms with Crippen molar-refractivity contribution in [3.8, 4) is 0 Å². The van der Waals surface area contributed by atoms with Gasteiger partial charge in [-0.2, -0.15) is 0 Å². The molecule has 0 bridgehead atoms. The summed E-state index contributed by atoms with van der Waals surface area (Å²) < 4.78 is 1.33. The molecule has 1 heterocycles. The highest BCUT2D eigenvalue weighted by Crippen LogP contribution is 2.36. The molecule has 4 heteroatoms. The van der Waals surface area contributed by atoms with Gasteiger partial charge in [0.25, 0.3) is 0 Å². The van der Waals surface area contributed by atoms with E-state index in [9.17, 15) is 9.90 Å². The fourth-order valence-electron chi connectivity index (χ4n) is 3.88. The molecule has 2 aromatic rings. The van der Waals surface area contributed by atoms with Crippen LogP contribution in [0.1, 0.15) is 43.4 Å². The number of carboxylic acid groups (broad SMARTS) is 1. The van der Waals surface area contributed by atoms with Crippen molar-refractivity contribution in [1.29, 1.82) is 0 Å². The summed E-state index contributed by atoms with van der Waals surface area (Å²) in [6, 6.07) is 10.7. The maximum atomic E-state index is 10.5. The van der Waals surface area contributed by atoms with E-state index in [2.05, 4.69) is 54.6 Å². The van der Waals surface area contributed by atoms with E-state index >= 15 is 0 Å². The topological polar surface area (TPSA) is 57.5 Å². The van der Waals surface area contributed by atoms with Crippen LogP contribution in [0.4, 0.5) is 0 Å². The highest BCUT2D eigenvalue weighted by Gasteiger charge is 2.31. The fourth-order valence-corrected chi connectivity index (χ4v) is 4.92. The Hall–Kier alpha value is -1.91. The predicted molar refractivity (Wildman–Crippen MR) is 112 cm³/mol. The van der Waals surface area contributed by atoms with Crippen molar-refractivity contribution in [3.05, 3.63) is 59.5 Å². The van der Waals surface area contributed by atoms with Crippen molar-refractivity contribution < 1.29 is 15.0 Å². The lowest BCUT2D eigenvalue weighted by atomic mass is 9.91. The third-order valence-electron chi connectivity index (χ3n) is 5.34. The van der Waals surface area contributed by atoms with Crippen LogP contribution in [-0.4, -0.2) is 22.3 Å². The minimum atomic E-state index is -0.730. The monoisotopic (exact) mass is 384 g/mol. The highest BCUT2D eigenvalue weighted by atomic mass is 32.1. The lowest BCUT2D eigenvalue weighted by Crippen LogP contribution is -2.16. The second kappa shape index (κ2) is 9.86. The van der Waals surface area contributed by atoms with Crippen molar-refractivity contribution in [2.24, 2.45) is 11.8 Å². The Morgan fingerprint density at radius 2 is 2.04 bits per heavy atom. The normalized spacial score (nSPS) is 23.1. The van der Waals surface area contributed by atoms with Gasteiger partial charge >= 0.3 is 5.97 Å². The van der Waals surface area contributed by atoms with Crippen LogP contribution < -0.4 is 0 Å². The maximum Gasteiger partial charge on any atom is 0.303 e. The number of unbranched alkanes of at least 4 members (excludes halogenated alkanes) is 1. The van der Waals surface area contributed by atoms with Crippen molar-refractivity contribution in [2.75, 3.05) is 0 Å². The summed E-state index contributed by atoms with van der Waals surface area (Å²) in [4.78, 5) is 11.9. The van der Waals surface area contributed by atoms with Gasteiger partial charge in [0.1, 0.15) is 0 Å². The van der Waals surface area contributed by atoms with Gasteiger partial charge < -0.3 is 10.2 Å². The number of thiophene rings is 1. The molecule has 2 N–H and O–H groups in total. The molecule has 1 fully saturated rings. The summed E-state index contributed by atoms with van der Waals surface area (Å²) in [7, 11) is 0. The number of allylic oxidation sites excluding steroid dienone is 3. The first kappa shape index (κ1) is 19.8. The molecule has 1 saturated carbocycles. The van der Waals surface area contributed by atoms with Gasteiger partial charge in [-0.25, -0.2) is 0 Å². The third-order valence-corrected chi connectivity index (χ3v) is 6.48. The lowest BCUT2D eigenvalue weighted by molar-refractivity contribution is -0.137. The van der Waals surface area contributed by atoms with Gasteiger partial charge in [-0.3, -0.25) is 4.79 Å². The number of hydrogen-bond donors (Lipinski definition) is 2. The van der Waals surface area contributed by atoms with Gasteiger partial charge in [0.2, 0.25) is 0 Å². The molecule has 1 unspecified atom stereocenters. The average Bonchev–Trinajstić information content (AvgIpc) is 3.21. The summed E-state index contributed by atoms with van der Waals surface area (Å²) >= 11 is 1.84. The smallest absolute Gasteiger partial charge is 0.303 e. The first-order chi connectivity index (χ1) is 13.1. The summed E-state index contributed by atoms with van der Waals surface area (Å²) in [5.74, 6) is -0.0245. The molecule has 0 radical (unpaired) electrons. The van der Waals surface area contributed by atoms with Gasteiger partial charge in [0.05, 0.1) is 6.10 Å². The standard InChI is InChI=1S/C23H28O3S/c24-21-15-14-17(8-3-1-2-4-13-23(25)26)20(21)11-7-10-19-16-18-9-5-6-12-22(18)27-19/h1,3,5-7,9,11-12,16-17,20-21,24H,2,4,8,10,13-15H2,(H,25,26)/b3-1-,11-7+/t17-,20?,21+/m0/s1. The van der Waals surface area contributed by atoms with E-state index in [0.29, 0.717) is 12.3 Å². The molecule has 0 spiro atoms. The molecule has 0 amide bonds. The van der Waals surface area contributed by atoms with E-state index in [1.54, 1.807) is 0 Å². The second-order valence-electron chi connectivity index (χ2n) is 7.36. The Morgan fingerprint density at radius 1 is 1.19 bits per heavy atom. The van der Waals surface area contributed by atoms with E-state index in [4.69, 9.17) is 5.11 Å². The lowest BCUT2D eigenvalue weighted by Gasteiger charge is -2.17. The first-order valence-corrected chi connectivity index (χ1v) is 10.6. The number of carboxylic acids is 1. The zero-order valence-electron chi connectivity index (χ0n) is 15.6. The highest BCUT2D eigenvalue weighted by molar-refractivity contribution is 7.19. The summed E-state index contributed by atoms with van der Waals surface area (Å²) in [5.41, 5.74) is 0. The molecule has 1 aliphatic carbocycles. The predicted octanol–water partition coefficient (Wildman–Crippen LogP) is 5.59. The van der Waals surface area contributed by atoms with Gasteiger partial charge in [0, 0.05) is 21.9 Å². The fraction of sp³-hybridized carbons (Fsp3) is 0.435. The van der Waals surface area contributed by atoms with Gasteiger partial charge in [-0.1, -0.05) is 42.5 Å². The molecule has 27 heavy (non-hydrogen) atoms. The number of aliphatic carboxylic acids is 1. The van der Waals surface area contributed by atoms with Crippen molar-refractivity contribution >= 4 is 27.4 Å². The average molecular weight is 385 g/mol. The molecule has 1 aromatic heterocycles. The van der Waals surface area contributed by atoms with Crippen molar-refractivity contribution in [2.45, 2.75) is 51.0 Å². The number of aliphatic hydroxyl groups excluding tert-OH is 1. The van der Waals surface area contributed by atoms with Crippen LogP contribution in [-0.2, 0) is 11.2 Å². The largest absolute Gasteiger partial charge is 0.481 e. The Kier molecular flexibility index (Phi) is 7.25. The van der Waals surface area contributed by atoms with Crippen LogP contribution in [0.3, 0.4) is 0 Å². The molecule has 1 aromatic carbocycles. The maximum absolute atomic E-state index is 10.5. The minimum Gasteiger partial charge on any atom is -0.481 e. The van der Waals surface area contributed by atoms with Gasteiger partial charge in [-0.15, -0.1) is 11.3 Å². The molecule has 3 atom stereocenters. The quantitative estimate of drug-likeness (QED) is 0.438. The minimum absolute atomic E-state index is 0.225. The Balaban J connectivity index is 1.49. The Labute approximate surface area is 165 Å². The number of carbonyl (C=O) groups is 1. The number of fused-ring (bicyclic) bond motifs is 1. The van der Waals surface area contributed by atoms with Crippen molar-refractivity contribution in [3.63, 3.8) is 0 Å². The zero-order valence-corrected chi connectivity index (χ0v) is 16.4.